The van der Waals surface area contributed by atoms with E-state index in [1.54, 1.807) is 18.2 Å². The Balaban J connectivity index is 2.78. The standard InChI is InChI=1S/C8H7ClN2O3S/c1-14-5-2-3-7-6(4-5)8(11-10-7)15(9,12)13/h2-4H,1H3,(H,10,11). The second kappa shape index (κ2) is 3.39. The molecule has 0 fully saturated rings. The van der Waals surface area contributed by atoms with Crippen LogP contribution in [0.15, 0.2) is 23.2 Å². The summed E-state index contributed by atoms with van der Waals surface area (Å²) in [5.74, 6) is 0.547. The van der Waals surface area contributed by atoms with Crippen LogP contribution >= 0.6 is 10.7 Å². The lowest BCUT2D eigenvalue weighted by molar-refractivity contribution is 0.415. The molecule has 15 heavy (non-hydrogen) atoms. The molecule has 0 saturated heterocycles. The Labute approximate surface area is 90.4 Å². The third-order valence-electron chi connectivity index (χ3n) is 1.97. The highest BCUT2D eigenvalue weighted by molar-refractivity contribution is 8.13. The van der Waals surface area contributed by atoms with Crippen molar-refractivity contribution in [1.29, 1.82) is 0 Å². The van der Waals surface area contributed by atoms with Crippen molar-refractivity contribution < 1.29 is 13.2 Å². The van der Waals surface area contributed by atoms with Crippen molar-refractivity contribution in [2.75, 3.05) is 7.11 Å². The van der Waals surface area contributed by atoms with Crippen LogP contribution in [0, 0.1) is 0 Å². The molecular weight excluding hydrogens is 240 g/mol. The van der Waals surface area contributed by atoms with Crippen molar-refractivity contribution >= 4 is 30.6 Å². The Hall–Kier alpha value is -1.27. The van der Waals surface area contributed by atoms with Gasteiger partial charge < -0.3 is 4.74 Å². The fraction of sp³-hybridized carbons (Fsp3) is 0.125. The van der Waals surface area contributed by atoms with Crippen LogP contribution in [0.3, 0.4) is 0 Å². The Kier molecular flexibility index (Phi) is 2.32. The van der Waals surface area contributed by atoms with Gasteiger partial charge in [-0.05, 0) is 18.2 Å². The molecule has 5 nitrogen and oxygen atoms in total. The molecule has 0 saturated carbocycles. The molecule has 0 aliphatic carbocycles. The molecule has 1 aromatic carbocycles. The zero-order valence-corrected chi connectivity index (χ0v) is 9.26. The summed E-state index contributed by atoms with van der Waals surface area (Å²) in [7, 11) is 2.92. The number of nitrogens with one attached hydrogen (secondary N) is 1. The number of ether oxygens (including phenoxy) is 1. The molecule has 0 aliphatic heterocycles. The van der Waals surface area contributed by atoms with Gasteiger partial charge in [-0.1, -0.05) is 0 Å². The summed E-state index contributed by atoms with van der Waals surface area (Å²) in [5.41, 5.74) is 0.523. The number of methoxy groups -OCH3 is 1. The maximum absolute atomic E-state index is 11.2. The predicted molar refractivity (Wildman–Crippen MR) is 55.7 cm³/mol. The van der Waals surface area contributed by atoms with Gasteiger partial charge in [-0.15, -0.1) is 0 Å². The molecule has 0 aliphatic rings. The number of benzene rings is 1. The number of nitrogens with zero attached hydrogens (tertiary/aromatic N) is 1. The van der Waals surface area contributed by atoms with Crippen LogP contribution in [0.25, 0.3) is 10.9 Å². The van der Waals surface area contributed by atoms with E-state index in [0.29, 0.717) is 16.7 Å². The number of rotatable bonds is 2. The van der Waals surface area contributed by atoms with E-state index in [2.05, 4.69) is 10.2 Å². The minimum Gasteiger partial charge on any atom is -0.497 e. The van der Waals surface area contributed by atoms with Gasteiger partial charge in [0.2, 0.25) is 0 Å². The molecule has 7 heteroatoms. The first-order valence-corrected chi connectivity index (χ1v) is 6.30. The number of aromatic nitrogens is 2. The van der Waals surface area contributed by atoms with E-state index < -0.39 is 9.05 Å². The maximum atomic E-state index is 11.2. The first-order chi connectivity index (χ1) is 7.02. The third-order valence-corrected chi connectivity index (χ3v) is 3.23. The smallest absolute Gasteiger partial charge is 0.278 e. The molecule has 0 spiro atoms. The molecule has 1 N–H and O–H groups in total. The Morgan fingerprint density at radius 1 is 1.47 bits per heavy atom. The fourth-order valence-electron chi connectivity index (χ4n) is 1.28. The van der Waals surface area contributed by atoms with Crippen LogP contribution in [0.5, 0.6) is 5.75 Å². The second-order valence-corrected chi connectivity index (χ2v) is 5.38. The normalized spacial score (nSPS) is 11.9. The molecule has 1 heterocycles. The highest BCUT2D eigenvalue weighted by atomic mass is 35.7. The third kappa shape index (κ3) is 1.78. The monoisotopic (exact) mass is 246 g/mol. The van der Waals surface area contributed by atoms with Crippen molar-refractivity contribution in [3.63, 3.8) is 0 Å². The SMILES string of the molecule is COc1ccc2n[nH]c(S(=O)(=O)Cl)c2c1. The van der Waals surface area contributed by atoms with Crippen LogP contribution in [-0.4, -0.2) is 25.7 Å². The zero-order chi connectivity index (χ0) is 11.1. The lowest BCUT2D eigenvalue weighted by Crippen LogP contribution is -1.91. The highest BCUT2D eigenvalue weighted by Crippen LogP contribution is 2.26. The van der Waals surface area contributed by atoms with E-state index in [1.165, 1.54) is 7.11 Å². The van der Waals surface area contributed by atoms with Gasteiger partial charge in [-0.2, -0.15) is 5.10 Å². The van der Waals surface area contributed by atoms with Crippen LogP contribution < -0.4 is 4.74 Å². The average Bonchev–Trinajstić information content (AvgIpc) is 2.59. The van der Waals surface area contributed by atoms with Crippen LogP contribution in [0.2, 0.25) is 0 Å². The Bertz CT molecular complexity index is 605. The number of H-pyrrole nitrogens is 1. The summed E-state index contributed by atoms with van der Waals surface area (Å²) in [5, 5.41) is 6.50. The van der Waals surface area contributed by atoms with E-state index in [0.717, 1.165) is 0 Å². The number of fused-ring (bicyclic) bond motifs is 1. The van der Waals surface area contributed by atoms with Crippen LogP contribution in [-0.2, 0) is 9.05 Å². The van der Waals surface area contributed by atoms with Gasteiger partial charge in [0.25, 0.3) is 9.05 Å². The topological polar surface area (TPSA) is 72.0 Å². The molecule has 0 radical (unpaired) electrons. The predicted octanol–water partition coefficient (Wildman–Crippen LogP) is 1.50. The van der Waals surface area contributed by atoms with Gasteiger partial charge in [-0.25, -0.2) is 8.42 Å². The molecule has 0 atom stereocenters. The molecule has 0 amide bonds. The van der Waals surface area contributed by atoms with Crippen molar-refractivity contribution in [3.8, 4) is 5.75 Å². The van der Waals surface area contributed by atoms with E-state index in [4.69, 9.17) is 15.4 Å². The fourth-order valence-corrected chi connectivity index (χ4v) is 2.21. The van der Waals surface area contributed by atoms with Crippen LogP contribution in [0.4, 0.5) is 0 Å². The molecule has 0 unspecified atom stereocenters. The first kappa shape index (κ1) is 10.3. The molecule has 2 aromatic rings. The molecule has 80 valence electrons. The Morgan fingerprint density at radius 3 is 2.80 bits per heavy atom. The van der Waals surface area contributed by atoms with Crippen molar-refractivity contribution in [2.45, 2.75) is 5.03 Å². The van der Waals surface area contributed by atoms with Gasteiger partial charge in [0.1, 0.15) is 5.75 Å². The number of aromatic amines is 1. The molecule has 0 bridgehead atoms. The summed E-state index contributed by atoms with van der Waals surface area (Å²) in [6.45, 7) is 0. The summed E-state index contributed by atoms with van der Waals surface area (Å²) in [6, 6.07) is 4.90. The van der Waals surface area contributed by atoms with E-state index in [-0.39, 0.29) is 5.03 Å². The highest BCUT2D eigenvalue weighted by Gasteiger charge is 2.17. The maximum Gasteiger partial charge on any atom is 0.278 e. The van der Waals surface area contributed by atoms with Crippen molar-refractivity contribution in [3.05, 3.63) is 18.2 Å². The first-order valence-electron chi connectivity index (χ1n) is 3.99. The average molecular weight is 247 g/mol. The molecular formula is C8H7ClN2O3S. The summed E-state index contributed by atoms with van der Waals surface area (Å²) in [4.78, 5) is 0. The zero-order valence-electron chi connectivity index (χ0n) is 7.69. The van der Waals surface area contributed by atoms with Gasteiger partial charge >= 0.3 is 0 Å². The van der Waals surface area contributed by atoms with Gasteiger partial charge in [-0.3, -0.25) is 5.10 Å². The van der Waals surface area contributed by atoms with Crippen LogP contribution in [0.1, 0.15) is 0 Å². The largest absolute Gasteiger partial charge is 0.497 e. The number of hydrogen-bond acceptors (Lipinski definition) is 4. The van der Waals surface area contributed by atoms with E-state index >= 15 is 0 Å². The van der Waals surface area contributed by atoms with Gasteiger partial charge in [0, 0.05) is 16.1 Å². The summed E-state index contributed by atoms with van der Waals surface area (Å²) in [6.07, 6.45) is 0. The summed E-state index contributed by atoms with van der Waals surface area (Å²) < 4.78 is 27.3. The number of halogens is 1. The summed E-state index contributed by atoms with van der Waals surface area (Å²) >= 11 is 0. The minimum atomic E-state index is -3.81. The lowest BCUT2D eigenvalue weighted by atomic mass is 10.2. The van der Waals surface area contributed by atoms with Crippen molar-refractivity contribution in [2.24, 2.45) is 0 Å². The lowest BCUT2D eigenvalue weighted by Gasteiger charge is -1.98. The molecule has 1 aromatic heterocycles. The van der Waals surface area contributed by atoms with E-state index in [1.807, 2.05) is 0 Å². The van der Waals surface area contributed by atoms with Gasteiger partial charge in [0.05, 0.1) is 12.6 Å². The minimum absolute atomic E-state index is 0.113. The Morgan fingerprint density at radius 2 is 2.20 bits per heavy atom. The molecule has 2 rings (SSSR count). The quantitative estimate of drug-likeness (QED) is 0.815. The van der Waals surface area contributed by atoms with Gasteiger partial charge in [0.15, 0.2) is 5.03 Å². The second-order valence-electron chi connectivity index (χ2n) is 2.87. The number of hydrogen-bond donors (Lipinski definition) is 1. The van der Waals surface area contributed by atoms with Crippen molar-refractivity contribution in [1.82, 2.24) is 10.2 Å². The van der Waals surface area contributed by atoms with E-state index in [9.17, 15) is 8.42 Å².